The van der Waals surface area contributed by atoms with Crippen molar-refractivity contribution >= 4 is 11.3 Å². The van der Waals surface area contributed by atoms with Crippen molar-refractivity contribution in [2.45, 2.75) is 52.0 Å². The smallest absolute Gasteiger partial charge is 0.113 e. The molecule has 0 aromatic carbocycles. The van der Waals surface area contributed by atoms with Crippen LogP contribution in [-0.2, 0) is 5.54 Å². The number of rotatable bonds is 1. The first-order valence-corrected chi connectivity index (χ1v) is 6.51. The number of thiazole rings is 1. The summed E-state index contributed by atoms with van der Waals surface area (Å²) in [6.07, 6.45) is 4.57. The van der Waals surface area contributed by atoms with Gasteiger partial charge < -0.3 is 5.73 Å². The zero-order valence-electron chi connectivity index (χ0n) is 9.84. The van der Waals surface area contributed by atoms with Gasteiger partial charge in [0.05, 0.1) is 5.54 Å². The van der Waals surface area contributed by atoms with Crippen molar-refractivity contribution in [1.29, 1.82) is 0 Å². The number of aryl methyl sites for hydroxylation is 1. The summed E-state index contributed by atoms with van der Waals surface area (Å²) >= 11 is 1.72. The fourth-order valence-electron chi connectivity index (χ4n) is 2.17. The highest BCUT2D eigenvalue weighted by Crippen LogP contribution is 2.44. The van der Waals surface area contributed by atoms with Crippen molar-refractivity contribution in [2.75, 3.05) is 0 Å². The molecular formula is C12H20N2S. The molecule has 3 heteroatoms. The lowest BCUT2D eigenvalue weighted by Crippen LogP contribution is -2.42. The van der Waals surface area contributed by atoms with Crippen LogP contribution in [0.1, 0.15) is 50.2 Å². The van der Waals surface area contributed by atoms with Crippen LogP contribution in [0.25, 0.3) is 0 Å². The maximum absolute atomic E-state index is 6.46. The predicted octanol–water partition coefficient (Wildman–Crippen LogP) is 3.21. The van der Waals surface area contributed by atoms with Crippen molar-refractivity contribution in [3.63, 3.8) is 0 Å². The molecule has 0 spiro atoms. The Balaban J connectivity index is 2.16. The van der Waals surface area contributed by atoms with Gasteiger partial charge in [-0.25, -0.2) is 4.98 Å². The molecular weight excluding hydrogens is 204 g/mol. The summed E-state index contributed by atoms with van der Waals surface area (Å²) in [6.45, 7) is 6.70. The number of aromatic nitrogens is 1. The topological polar surface area (TPSA) is 38.9 Å². The van der Waals surface area contributed by atoms with Crippen LogP contribution in [0.3, 0.4) is 0 Å². The molecule has 0 amide bonds. The summed E-state index contributed by atoms with van der Waals surface area (Å²) in [7, 11) is 0. The Labute approximate surface area is 95.9 Å². The maximum Gasteiger partial charge on any atom is 0.113 e. The summed E-state index contributed by atoms with van der Waals surface area (Å²) in [6, 6.07) is 0. The van der Waals surface area contributed by atoms with Gasteiger partial charge in [0.2, 0.25) is 0 Å². The van der Waals surface area contributed by atoms with Gasteiger partial charge in [-0.05, 0) is 38.0 Å². The molecule has 0 bridgehead atoms. The molecule has 2 N–H and O–H groups in total. The highest BCUT2D eigenvalue weighted by Gasteiger charge is 2.38. The van der Waals surface area contributed by atoms with E-state index in [-0.39, 0.29) is 5.54 Å². The molecule has 0 unspecified atom stereocenters. The van der Waals surface area contributed by atoms with Crippen molar-refractivity contribution < 1.29 is 0 Å². The van der Waals surface area contributed by atoms with Gasteiger partial charge in [-0.15, -0.1) is 11.3 Å². The van der Waals surface area contributed by atoms with Crippen molar-refractivity contribution in [1.82, 2.24) is 4.98 Å². The average Bonchev–Trinajstić information content (AvgIpc) is 2.59. The molecule has 1 aliphatic carbocycles. The Bertz CT molecular complexity index is 344. The SMILES string of the molecule is Cc1csc(C2(N)CCC(C)(C)CC2)n1. The van der Waals surface area contributed by atoms with E-state index < -0.39 is 0 Å². The summed E-state index contributed by atoms with van der Waals surface area (Å²) in [5, 5.41) is 3.24. The second-order valence-electron chi connectivity index (χ2n) is 5.61. The third-order valence-corrected chi connectivity index (χ3v) is 4.72. The quantitative estimate of drug-likeness (QED) is 0.795. The second-order valence-corrected chi connectivity index (χ2v) is 6.47. The fourth-order valence-corrected chi connectivity index (χ4v) is 3.14. The summed E-state index contributed by atoms with van der Waals surface area (Å²) < 4.78 is 0. The van der Waals surface area contributed by atoms with Gasteiger partial charge in [0.1, 0.15) is 5.01 Å². The molecule has 0 atom stereocenters. The molecule has 2 rings (SSSR count). The van der Waals surface area contributed by atoms with Gasteiger partial charge >= 0.3 is 0 Å². The zero-order valence-corrected chi connectivity index (χ0v) is 10.7. The predicted molar refractivity (Wildman–Crippen MR) is 65.0 cm³/mol. The molecule has 1 heterocycles. The van der Waals surface area contributed by atoms with E-state index in [0.29, 0.717) is 5.41 Å². The number of hydrogen-bond donors (Lipinski definition) is 1. The van der Waals surface area contributed by atoms with Crippen molar-refractivity contribution in [3.8, 4) is 0 Å². The van der Waals surface area contributed by atoms with Crippen LogP contribution in [0.15, 0.2) is 5.38 Å². The van der Waals surface area contributed by atoms with E-state index in [1.165, 1.54) is 12.8 Å². The van der Waals surface area contributed by atoms with E-state index in [2.05, 4.69) is 24.2 Å². The van der Waals surface area contributed by atoms with Crippen LogP contribution < -0.4 is 5.73 Å². The van der Waals surface area contributed by atoms with Crippen LogP contribution in [0.4, 0.5) is 0 Å². The molecule has 0 saturated heterocycles. The monoisotopic (exact) mass is 224 g/mol. The zero-order chi connectivity index (χ0) is 11.1. The van der Waals surface area contributed by atoms with Gasteiger partial charge in [0.15, 0.2) is 0 Å². The summed E-state index contributed by atoms with van der Waals surface area (Å²) in [5.41, 5.74) is 7.89. The molecule has 1 aromatic heterocycles. The molecule has 0 radical (unpaired) electrons. The van der Waals surface area contributed by atoms with Gasteiger partial charge in [0.25, 0.3) is 0 Å². The Morgan fingerprint density at radius 1 is 1.27 bits per heavy atom. The number of nitrogens with two attached hydrogens (primary N) is 1. The first-order chi connectivity index (χ1) is 6.91. The summed E-state index contributed by atoms with van der Waals surface area (Å²) in [4.78, 5) is 4.55. The van der Waals surface area contributed by atoms with Crippen LogP contribution in [0, 0.1) is 12.3 Å². The number of hydrogen-bond acceptors (Lipinski definition) is 3. The van der Waals surface area contributed by atoms with Gasteiger partial charge in [-0.1, -0.05) is 13.8 Å². The lowest BCUT2D eigenvalue weighted by molar-refractivity contribution is 0.165. The minimum atomic E-state index is -0.144. The van der Waals surface area contributed by atoms with E-state index in [0.717, 1.165) is 23.5 Å². The highest BCUT2D eigenvalue weighted by molar-refractivity contribution is 7.09. The first kappa shape index (κ1) is 11.1. The highest BCUT2D eigenvalue weighted by atomic mass is 32.1. The third-order valence-electron chi connectivity index (χ3n) is 3.54. The van der Waals surface area contributed by atoms with E-state index >= 15 is 0 Å². The van der Waals surface area contributed by atoms with Crippen molar-refractivity contribution in [3.05, 3.63) is 16.1 Å². The van der Waals surface area contributed by atoms with E-state index in [9.17, 15) is 0 Å². The minimum absolute atomic E-state index is 0.144. The van der Waals surface area contributed by atoms with Crippen LogP contribution in [-0.4, -0.2) is 4.98 Å². The average molecular weight is 224 g/mol. The van der Waals surface area contributed by atoms with Gasteiger partial charge in [0, 0.05) is 11.1 Å². The molecule has 1 aromatic rings. The Hall–Kier alpha value is -0.410. The Kier molecular flexibility index (Phi) is 2.63. The van der Waals surface area contributed by atoms with Crippen LogP contribution in [0.5, 0.6) is 0 Å². The lowest BCUT2D eigenvalue weighted by Gasteiger charge is -2.40. The minimum Gasteiger partial charge on any atom is -0.319 e. The fraction of sp³-hybridized carbons (Fsp3) is 0.750. The third kappa shape index (κ3) is 2.23. The number of nitrogens with zero attached hydrogens (tertiary/aromatic N) is 1. The Morgan fingerprint density at radius 3 is 2.33 bits per heavy atom. The normalized spacial score (nSPS) is 24.0. The van der Waals surface area contributed by atoms with Gasteiger partial charge in [-0.3, -0.25) is 0 Å². The second kappa shape index (κ2) is 3.56. The molecule has 2 nitrogen and oxygen atoms in total. The van der Waals surface area contributed by atoms with Crippen LogP contribution >= 0.6 is 11.3 Å². The first-order valence-electron chi connectivity index (χ1n) is 5.63. The largest absolute Gasteiger partial charge is 0.319 e. The lowest BCUT2D eigenvalue weighted by atomic mass is 9.70. The molecule has 1 saturated carbocycles. The molecule has 0 aliphatic heterocycles. The van der Waals surface area contributed by atoms with E-state index in [1.54, 1.807) is 11.3 Å². The van der Waals surface area contributed by atoms with Crippen molar-refractivity contribution in [2.24, 2.45) is 11.1 Å². The molecule has 1 aliphatic rings. The van der Waals surface area contributed by atoms with Crippen LogP contribution in [0.2, 0.25) is 0 Å². The molecule has 15 heavy (non-hydrogen) atoms. The standard InChI is InChI=1S/C12H20N2S/c1-9-8-15-10(14-9)12(13)6-4-11(2,3)5-7-12/h8H,4-7,13H2,1-3H3. The maximum atomic E-state index is 6.46. The summed E-state index contributed by atoms with van der Waals surface area (Å²) in [5.74, 6) is 0. The van der Waals surface area contributed by atoms with E-state index in [4.69, 9.17) is 5.73 Å². The Morgan fingerprint density at radius 2 is 1.87 bits per heavy atom. The van der Waals surface area contributed by atoms with Gasteiger partial charge in [-0.2, -0.15) is 0 Å². The molecule has 84 valence electrons. The van der Waals surface area contributed by atoms with E-state index in [1.807, 2.05) is 6.92 Å². The molecule has 1 fully saturated rings.